The van der Waals surface area contributed by atoms with E-state index in [1.54, 1.807) is 6.20 Å². The summed E-state index contributed by atoms with van der Waals surface area (Å²) in [4.78, 5) is 21.2. The minimum absolute atomic E-state index is 0.115. The lowest BCUT2D eigenvalue weighted by Crippen LogP contribution is -2.14. The van der Waals surface area contributed by atoms with Gasteiger partial charge in [0.1, 0.15) is 5.01 Å². The van der Waals surface area contributed by atoms with Crippen LogP contribution < -0.4 is 5.32 Å². The number of hydrogen-bond acceptors (Lipinski definition) is 4. The molecule has 140 valence electrons. The van der Waals surface area contributed by atoms with Crippen LogP contribution in [0.1, 0.15) is 16.8 Å². The molecule has 2 aromatic carbocycles. The molecule has 4 nitrogen and oxygen atoms in total. The number of carbonyl (C=O) groups is 1. The van der Waals surface area contributed by atoms with Gasteiger partial charge in [-0.1, -0.05) is 42.2 Å². The summed E-state index contributed by atoms with van der Waals surface area (Å²) in [6, 6.07) is 23.0. The third-order valence-corrected chi connectivity index (χ3v) is 4.96. The Kier molecular flexibility index (Phi) is 5.75. The van der Waals surface area contributed by atoms with Crippen LogP contribution >= 0.6 is 11.3 Å². The summed E-state index contributed by atoms with van der Waals surface area (Å²) >= 11 is 1.49. The minimum atomic E-state index is -0.115. The first-order chi connectivity index (χ1) is 14.3. The molecule has 0 aliphatic heterocycles. The molecule has 0 saturated heterocycles. The molecule has 0 radical (unpaired) electrons. The Morgan fingerprint density at radius 1 is 0.931 bits per heavy atom. The van der Waals surface area contributed by atoms with Crippen molar-refractivity contribution in [3.8, 4) is 22.5 Å². The Labute approximate surface area is 173 Å². The van der Waals surface area contributed by atoms with Gasteiger partial charge < -0.3 is 5.32 Å². The number of amides is 1. The van der Waals surface area contributed by atoms with Crippen molar-refractivity contribution in [3.63, 3.8) is 0 Å². The Hall–Kier alpha value is -3.75. The summed E-state index contributed by atoms with van der Waals surface area (Å²) in [6.07, 6.45) is 1.94. The van der Waals surface area contributed by atoms with Crippen molar-refractivity contribution >= 4 is 22.9 Å². The molecule has 4 rings (SSSR count). The van der Waals surface area contributed by atoms with Crippen molar-refractivity contribution in [1.82, 2.24) is 9.97 Å². The largest absolute Gasteiger partial charge is 0.326 e. The Morgan fingerprint density at radius 3 is 2.55 bits per heavy atom. The Morgan fingerprint density at radius 2 is 1.72 bits per heavy atom. The van der Waals surface area contributed by atoms with Crippen LogP contribution in [-0.4, -0.2) is 15.9 Å². The Balaban J connectivity index is 1.40. The van der Waals surface area contributed by atoms with Crippen molar-refractivity contribution in [2.24, 2.45) is 0 Å². The highest BCUT2D eigenvalue weighted by molar-refractivity contribution is 7.13. The zero-order chi connectivity index (χ0) is 19.9. The van der Waals surface area contributed by atoms with Gasteiger partial charge >= 0.3 is 0 Å². The molecule has 4 aromatic rings. The number of anilines is 1. The topological polar surface area (TPSA) is 54.9 Å². The number of rotatable bonds is 4. The van der Waals surface area contributed by atoms with Crippen LogP contribution in [0, 0.1) is 11.8 Å². The molecule has 29 heavy (non-hydrogen) atoms. The molecule has 0 unspecified atom stereocenters. The predicted molar refractivity (Wildman–Crippen MR) is 117 cm³/mol. The molecule has 0 saturated carbocycles. The molecule has 5 heteroatoms. The Bertz CT molecular complexity index is 1170. The van der Waals surface area contributed by atoms with Crippen LogP contribution in [0.2, 0.25) is 0 Å². The molecule has 2 heterocycles. The van der Waals surface area contributed by atoms with Crippen molar-refractivity contribution in [2.45, 2.75) is 6.42 Å². The monoisotopic (exact) mass is 395 g/mol. The fraction of sp³-hybridized carbons (Fsp3) is 0.0417. The molecule has 0 fully saturated rings. The highest BCUT2D eigenvalue weighted by Gasteiger charge is 2.10. The van der Waals surface area contributed by atoms with Gasteiger partial charge in [-0.05, 0) is 42.5 Å². The number of benzene rings is 2. The van der Waals surface area contributed by atoms with Crippen LogP contribution in [0.25, 0.3) is 10.7 Å². The molecule has 1 N–H and O–H groups in total. The maximum Gasteiger partial charge on any atom is 0.230 e. The van der Waals surface area contributed by atoms with Gasteiger partial charge in [0.15, 0.2) is 0 Å². The average Bonchev–Trinajstić information content (AvgIpc) is 3.22. The fourth-order valence-electron chi connectivity index (χ4n) is 2.71. The number of hydrogen-bond donors (Lipinski definition) is 1. The minimum Gasteiger partial charge on any atom is -0.326 e. The van der Waals surface area contributed by atoms with E-state index < -0.39 is 0 Å². The number of nitrogens with one attached hydrogen (secondary N) is 1. The summed E-state index contributed by atoms with van der Waals surface area (Å²) in [6.45, 7) is 0. The quantitative estimate of drug-likeness (QED) is 0.506. The van der Waals surface area contributed by atoms with E-state index >= 15 is 0 Å². The summed E-state index contributed by atoms with van der Waals surface area (Å²) in [5.41, 5.74) is 4.06. The molecule has 0 aliphatic carbocycles. The van der Waals surface area contributed by atoms with Crippen molar-refractivity contribution in [2.75, 3.05) is 5.32 Å². The van der Waals surface area contributed by atoms with Crippen LogP contribution in [-0.2, 0) is 11.2 Å². The molecule has 0 spiro atoms. The molecule has 0 bridgehead atoms. The zero-order valence-electron chi connectivity index (χ0n) is 15.5. The summed E-state index contributed by atoms with van der Waals surface area (Å²) in [5, 5.41) is 5.63. The highest BCUT2D eigenvalue weighted by atomic mass is 32.1. The number of nitrogens with zero attached hydrogens (tertiary/aromatic N) is 2. The fourth-order valence-corrected chi connectivity index (χ4v) is 3.50. The number of carbonyl (C=O) groups excluding carboxylic acids is 1. The maximum atomic E-state index is 12.4. The second kappa shape index (κ2) is 8.96. The van der Waals surface area contributed by atoms with Crippen LogP contribution in [0.3, 0.4) is 0 Å². The van der Waals surface area contributed by atoms with Crippen molar-refractivity contribution in [1.29, 1.82) is 0 Å². The third kappa shape index (κ3) is 5.16. The van der Waals surface area contributed by atoms with E-state index in [9.17, 15) is 4.79 Å². The normalized spacial score (nSPS) is 10.1. The van der Waals surface area contributed by atoms with Gasteiger partial charge in [-0.25, -0.2) is 4.98 Å². The first-order valence-electron chi connectivity index (χ1n) is 9.09. The van der Waals surface area contributed by atoms with Gasteiger partial charge in [0.2, 0.25) is 5.91 Å². The number of pyridine rings is 1. The highest BCUT2D eigenvalue weighted by Crippen LogP contribution is 2.21. The molecular formula is C24H17N3OS. The number of thiazole rings is 1. The lowest BCUT2D eigenvalue weighted by Gasteiger charge is -2.04. The van der Waals surface area contributed by atoms with Gasteiger partial charge in [-0.15, -0.1) is 11.3 Å². The van der Waals surface area contributed by atoms with Crippen molar-refractivity contribution < 1.29 is 4.79 Å². The summed E-state index contributed by atoms with van der Waals surface area (Å²) in [5.74, 6) is 6.13. The van der Waals surface area contributed by atoms with Crippen molar-refractivity contribution in [3.05, 3.63) is 101 Å². The SMILES string of the molecule is O=C(Cc1csc(-c2ccccn2)n1)Nc1cccc(C#Cc2ccccc2)c1. The third-order valence-electron chi connectivity index (χ3n) is 4.05. The second-order valence-electron chi connectivity index (χ2n) is 6.28. The van der Waals surface area contributed by atoms with E-state index in [-0.39, 0.29) is 12.3 Å². The zero-order valence-corrected chi connectivity index (χ0v) is 16.3. The predicted octanol–water partition coefficient (Wildman–Crippen LogP) is 4.79. The van der Waals surface area contributed by atoms with Crippen LogP contribution in [0.4, 0.5) is 5.69 Å². The van der Waals surface area contributed by atoms with Gasteiger partial charge in [0, 0.05) is 28.4 Å². The lowest BCUT2D eigenvalue weighted by molar-refractivity contribution is -0.115. The second-order valence-corrected chi connectivity index (χ2v) is 7.14. The van der Waals surface area contributed by atoms with E-state index in [1.807, 2.05) is 78.2 Å². The molecular weight excluding hydrogens is 378 g/mol. The van der Waals surface area contributed by atoms with Gasteiger partial charge in [-0.2, -0.15) is 0 Å². The smallest absolute Gasteiger partial charge is 0.230 e. The molecule has 2 aromatic heterocycles. The van der Waals surface area contributed by atoms with Gasteiger partial charge in [-0.3, -0.25) is 9.78 Å². The maximum absolute atomic E-state index is 12.4. The standard InChI is InChI=1S/C24H17N3OS/c28-23(16-21-17-29-24(27-21)22-11-4-5-14-25-22)26-20-10-6-9-19(15-20)13-12-18-7-2-1-3-8-18/h1-11,14-15,17H,16H2,(H,26,28). The van der Waals surface area contributed by atoms with Gasteiger partial charge in [0.05, 0.1) is 17.8 Å². The first kappa shape index (κ1) is 18.6. The van der Waals surface area contributed by atoms with E-state index in [2.05, 4.69) is 27.1 Å². The summed E-state index contributed by atoms with van der Waals surface area (Å²) < 4.78 is 0. The first-order valence-corrected chi connectivity index (χ1v) is 9.97. The van der Waals surface area contributed by atoms with Crippen LogP contribution in [0.15, 0.2) is 84.4 Å². The molecule has 0 atom stereocenters. The van der Waals surface area contributed by atoms with E-state index in [1.165, 1.54) is 11.3 Å². The molecule has 1 amide bonds. The summed E-state index contributed by atoms with van der Waals surface area (Å²) in [7, 11) is 0. The van der Waals surface area contributed by atoms with Crippen LogP contribution in [0.5, 0.6) is 0 Å². The average molecular weight is 395 g/mol. The van der Waals surface area contributed by atoms with E-state index in [0.29, 0.717) is 0 Å². The van der Waals surface area contributed by atoms with E-state index in [4.69, 9.17) is 0 Å². The number of aromatic nitrogens is 2. The van der Waals surface area contributed by atoms with E-state index in [0.717, 1.165) is 33.2 Å². The lowest BCUT2D eigenvalue weighted by atomic mass is 10.1. The van der Waals surface area contributed by atoms with Gasteiger partial charge in [0.25, 0.3) is 0 Å². The molecule has 0 aliphatic rings.